The molecule has 1 saturated heterocycles. The van der Waals surface area contributed by atoms with Gasteiger partial charge in [0.15, 0.2) is 0 Å². The summed E-state index contributed by atoms with van der Waals surface area (Å²) in [6.45, 7) is 4.23. The summed E-state index contributed by atoms with van der Waals surface area (Å²) in [5.74, 6) is -0.821. The molecule has 1 heterocycles. The molecule has 2 amide bonds. The molecule has 5 nitrogen and oxygen atoms in total. The summed E-state index contributed by atoms with van der Waals surface area (Å²) >= 11 is 3.43. The molecular formula is C14H18BrN3O2. The third-order valence-electron chi connectivity index (χ3n) is 3.33. The van der Waals surface area contributed by atoms with Gasteiger partial charge < -0.3 is 15.5 Å². The Kier molecular flexibility index (Phi) is 4.65. The summed E-state index contributed by atoms with van der Waals surface area (Å²) in [5, 5.41) is 0. The van der Waals surface area contributed by atoms with Gasteiger partial charge in [0, 0.05) is 36.3 Å². The van der Waals surface area contributed by atoms with E-state index in [0.29, 0.717) is 31.9 Å². The molecule has 1 aromatic rings. The second kappa shape index (κ2) is 6.26. The molecule has 6 heteroatoms. The van der Waals surface area contributed by atoms with E-state index in [9.17, 15) is 9.59 Å². The van der Waals surface area contributed by atoms with Crippen molar-refractivity contribution in [3.63, 3.8) is 0 Å². The van der Waals surface area contributed by atoms with E-state index >= 15 is 0 Å². The first-order valence-electron chi connectivity index (χ1n) is 6.65. The highest BCUT2D eigenvalue weighted by Gasteiger charge is 2.31. The lowest BCUT2D eigenvalue weighted by Crippen LogP contribution is -2.53. The van der Waals surface area contributed by atoms with Crippen molar-refractivity contribution in [3.8, 4) is 0 Å². The fourth-order valence-electron chi connectivity index (χ4n) is 2.25. The summed E-state index contributed by atoms with van der Waals surface area (Å²) in [4.78, 5) is 27.3. The lowest BCUT2D eigenvalue weighted by molar-refractivity contribution is -0.156. The van der Waals surface area contributed by atoms with Crippen molar-refractivity contribution in [3.05, 3.63) is 28.2 Å². The van der Waals surface area contributed by atoms with Gasteiger partial charge in [-0.15, -0.1) is 0 Å². The minimum absolute atomic E-state index is 0.398. The van der Waals surface area contributed by atoms with Gasteiger partial charge >= 0.3 is 11.8 Å². The zero-order chi connectivity index (χ0) is 14.7. The highest BCUT2D eigenvalue weighted by molar-refractivity contribution is 9.10. The average Bonchev–Trinajstić information content (AvgIpc) is 2.41. The van der Waals surface area contributed by atoms with Crippen molar-refractivity contribution in [1.82, 2.24) is 9.80 Å². The number of piperazine rings is 1. The van der Waals surface area contributed by atoms with Crippen molar-refractivity contribution < 1.29 is 9.59 Å². The smallest absolute Gasteiger partial charge is 0.312 e. The van der Waals surface area contributed by atoms with E-state index in [1.165, 1.54) is 0 Å². The molecule has 0 saturated carbocycles. The van der Waals surface area contributed by atoms with E-state index in [2.05, 4.69) is 15.9 Å². The van der Waals surface area contributed by atoms with Gasteiger partial charge in [0.05, 0.1) is 0 Å². The Hall–Kier alpha value is -1.56. The predicted octanol–water partition coefficient (Wildman–Crippen LogP) is 1.61. The van der Waals surface area contributed by atoms with Crippen molar-refractivity contribution in [2.24, 2.45) is 0 Å². The standard InChI is InChI=1S/C14H18BrN3O2/c1-2-5-17-6-7-18(14(20)13(17)19)9-10-3-4-11(16)8-12(10)15/h3-4,8H,2,5-7,9,16H2,1H3. The fraction of sp³-hybridized carbons (Fsp3) is 0.429. The number of hydrogen-bond donors (Lipinski definition) is 1. The van der Waals surface area contributed by atoms with Gasteiger partial charge in [-0.05, 0) is 24.1 Å². The Balaban J connectivity index is 2.07. The number of rotatable bonds is 4. The number of halogens is 1. The maximum Gasteiger partial charge on any atom is 0.312 e. The second-order valence-corrected chi connectivity index (χ2v) is 5.72. The Morgan fingerprint density at radius 2 is 1.85 bits per heavy atom. The van der Waals surface area contributed by atoms with Crippen LogP contribution in [0.4, 0.5) is 5.69 Å². The molecule has 0 atom stereocenters. The molecule has 2 rings (SSSR count). The minimum atomic E-state index is -0.423. The van der Waals surface area contributed by atoms with Crippen LogP contribution in [0.2, 0.25) is 0 Å². The number of anilines is 1. The maximum absolute atomic E-state index is 12.1. The predicted molar refractivity (Wildman–Crippen MR) is 80.8 cm³/mol. The Labute approximate surface area is 126 Å². The number of nitrogen functional groups attached to an aromatic ring is 1. The fourth-order valence-corrected chi connectivity index (χ4v) is 2.77. The summed E-state index contributed by atoms with van der Waals surface area (Å²) in [5.41, 5.74) is 7.30. The first-order valence-corrected chi connectivity index (χ1v) is 7.44. The third kappa shape index (κ3) is 3.12. The van der Waals surface area contributed by atoms with E-state index in [1.807, 2.05) is 13.0 Å². The van der Waals surface area contributed by atoms with Crippen LogP contribution in [-0.4, -0.2) is 41.2 Å². The van der Waals surface area contributed by atoms with Crippen LogP contribution in [0.3, 0.4) is 0 Å². The normalized spacial score (nSPS) is 15.9. The second-order valence-electron chi connectivity index (χ2n) is 4.87. The number of hydrogen-bond acceptors (Lipinski definition) is 3. The van der Waals surface area contributed by atoms with Crippen LogP contribution < -0.4 is 5.73 Å². The highest BCUT2D eigenvalue weighted by Crippen LogP contribution is 2.22. The number of amides is 2. The number of nitrogens with two attached hydrogens (primary N) is 1. The molecule has 0 bridgehead atoms. The van der Waals surface area contributed by atoms with Crippen LogP contribution in [0.15, 0.2) is 22.7 Å². The van der Waals surface area contributed by atoms with Crippen molar-refractivity contribution in [1.29, 1.82) is 0 Å². The molecule has 0 radical (unpaired) electrons. The molecule has 1 aromatic carbocycles. The zero-order valence-corrected chi connectivity index (χ0v) is 13.0. The van der Waals surface area contributed by atoms with Gasteiger partial charge in [0.2, 0.25) is 0 Å². The van der Waals surface area contributed by atoms with Gasteiger partial charge in [0.1, 0.15) is 0 Å². The SMILES string of the molecule is CCCN1CCN(Cc2ccc(N)cc2Br)C(=O)C1=O. The van der Waals surface area contributed by atoms with E-state index in [4.69, 9.17) is 5.73 Å². The summed E-state index contributed by atoms with van der Waals surface area (Å²) < 4.78 is 0.855. The van der Waals surface area contributed by atoms with Crippen molar-refractivity contribution >= 4 is 33.4 Å². The topological polar surface area (TPSA) is 66.6 Å². The number of benzene rings is 1. The molecule has 0 aliphatic carbocycles. The van der Waals surface area contributed by atoms with Crippen molar-refractivity contribution in [2.45, 2.75) is 19.9 Å². The molecule has 0 aromatic heterocycles. The Bertz CT molecular complexity index is 533. The summed E-state index contributed by atoms with van der Waals surface area (Å²) in [6, 6.07) is 5.46. The highest BCUT2D eigenvalue weighted by atomic mass is 79.9. The van der Waals surface area contributed by atoms with Crippen molar-refractivity contribution in [2.75, 3.05) is 25.4 Å². The summed E-state index contributed by atoms with van der Waals surface area (Å²) in [6.07, 6.45) is 0.864. The Morgan fingerprint density at radius 3 is 2.50 bits per heavy atom. The van der Waals surface area contributed by atoms with Crippen LogP contribution in [0, 0.1) is 0 Å². The first kappa shape index (κ1) is 14.8. The number of nitrogens with zero attached hydrogens (tertiary/aromatic N) is 2. The number of carbonyl (C=O) groups excluding carboxylic acids is 2. The largest absolute Gasteiger partial charge is 0.399 e. The first-order chi connectivity index (χ1) is 9.52. The van der Waals surface area contributed by atoms with Gasteiger partial charge in [0.25, 0.3) is 0 Å². The molecular weight excluding hydrogens is 322 g/mol. The lowest BCUT2D eigenvalue weighted by atomic mass is 10.1. The molecule has 20 heavy (non-hydrogen) atoms. The summed E-state index contributed by atoms with van der Waals surface area (Å²) in [7, 11) is 0. The van der Waals surface area contributed by atoms with Gasteiger partial charge in [-0.2, -0.15) is 0 Å². The maximum atomic E-state index is 12.1. The monoisotopic (exact) mass is 339 g/mol. The molecule has 1 aliphatic heterocycles. The van der Waals surface area contributed by atoms with Gasteiger partial charge in [-0.3, -0.25) is 9.59 Å². The van der Waals surface area contributed by atoms with Crippen LogP contribution in [0.1, 0.15) is 18.9 Å². The van der Waals surface area contributed by atoms with Gasteiger partial charge in [-0.25, -0.2) is 0 Å². The van der Waals surface area contributed by atoms with Gasteiger partial charge in [-0.1, -0.05) is 28.9 Å². The van der Waals surface area contributed by atoms with Crippen LogP contribution in [0.25, 0.3) is 0 Å². The van der Waals surface area contributed by atoms with Crippen LogP contribution >= 0.6 is 15.9 Å². The quantitative estimate of drug-likeness (QED) is 0.669. The van der Waals surface area contributed by atoms with E-state index < -0.39 is 11.8 Å². The molecule has 108 valence electrons. The van der Waals surface area contributed by atoms with Crippen LogP contribution in [-0.2, 0) is 16.1 Å². The van der Waals surface area contributed by atoms with E-state index in [0.717, 1.165) is 16.5 Å². The molecule has 2 N–H and O–H groups in total. The van der Waals surface area contributed by atoms with E-state index in [1.54, 1.807) is 21.9 Å². The molecule has 0 spiro atoms. The third-order valence-corrected chi connectivity index (χ3v) is 4.07. The molecule has 1 fully saturated rings. The van der Waals surface area contributed by atoms with Crippen LogP contribution in [0.5, 0.6) is 0 Å². The molecule has 1 aliphatic rings. The minimum Gasteiger partial charge on any atom is -0.399 e. The Morgan fingerprint density at radius 1 is 1.20 bits per heavy atom. The number of carbonyl (C=O) groups is 2. The lowest BCUT2D eigenvalue weighted by Gasteiger charge is -2.33. The average molecular weight is 340 g/mol. The molecule has 0 unspecified atom stereocenters. The van der Waals surface area contributed by atoms with E-state index in [-0.39, 0.29) is 0 Å². The zero-order valence-electron chi connectivity index (χ0n) is 11.4.